The molecule has 0 radical (unpaired) electrons. The lowest BCUT2D eigenvalue weighted by molar-refractivity contribution is -0.118. The molecule has 94 valence electrons. The summed E-state index contributed by atoms with van der Waals surface area (Å²) in [4.78, 5) is 13.7. The molecule has 1 heterocycles. The number of hydrogen-bond acceptors (Lipinski definition) is 3. The van der Waals surface area contributed by atoms with Gasteiger partial charge in [-0.1, -0.05) is 15.9 Å². The Bertz CT molecular complexity index is 510. The maximum absolute atomic E-state index is 12.1. The summed E-state index contributed by atoms with van der Waals surface area (Å²) in [5.74, 6) is 0.605. The highest BCUT2D eigenvalue weighted by atomic mass is 79.9. The number of ether oxygens (including phenoxy) is 1. The zero-order chi connectivity index (χ0) is 13.1. The van der Waals surface area contributed by atoms with E-state index in [1.54, 1.807) is 30.2 Å². The molecule has 5 heteroatoms. The Morgan fingerprint density at radius 3 is 3.00 bits per heavy atom. The SMILES string of the molecule is COc1cc(C#N)ccc1N1CCCC(Br)C1=O. The van der Waals surface area contributed by atoms with Crippen LogP contribution in [0.15, 0.2) is 18.2 Å². The average molecular weight is 309 g/mol. The molecule has 4 nitrogen and oxygen atoms in total. The number of halogens is 1. The number of carbonyl (C=O) groups is 1. The molecule has 1 saturated heterocycles. The predicted octanol–water partition coefficient (Wildman–Crippen LogP) is 2.46. The van der Waals surface area contributed by atoms with Crippen LogP contribution < -0.4 is 9.64 Å². The quantitative estimate of drug-likeness (QED) is 0.789. The van der Waals surface area contributed by atoms with E-state index in [9.17, 15) is 4.79 Å². The van der Waals surface area contributed by atoms with E-state index in [1.807, 2.05) is 0 Å². The molecule has 1 unspecified atom stereocenters. The number of alkyl halides is 1. The van der Waals surface area contributed by atoms with E-state index in [1.165, 1.54) is 0 Å². The van der Waals surface area contributed by atoms with Crippen molar-refractivity contribution < 1.29 is 9.53 Å². The van der Waals surface area contributed by atoms with E-state index >= 15 is 0 Å². The average Bonchev–Trinajstić information content (AvgIpc) is 2.41. The van der Waals surface area contributed by atoms with Gasteiger partial charge in [-0.15, -0.1) is 0 Å². The summed E-state index contributed by atoms with van der Waals surface area (Å²) < 4.78 is 5.26. The lowest BCUT2D eigenvalue weighted by Crippen LogP contribution is -2.41. The zero-order valence-electron chi connectivity index (χ0n) is 10.0. The Balaban J connectivity index is 2.38. The van der Waals surface area contributed by atoms with Crippen LogP contribution in [0.25, 0.3) is 0 Å². The Labute approximate surface area is 114 Å². The van der Waals surface area contributed by atoms with Crippen LogP contribution in [-0.2, 0) is 4.79 Å². The molecule has 0 N–H and O–H groups in total. The summed E-state index contributed by atoms with van der Waals surface area (Å²) in [7, 11) is 1.54. The second kappa shape index (κ2) is 5.40. The van der Waals surface area contributed by atoms with E-state index in [0.717, 1.165) is 18.5 Å². The number of piperidine rings is 1. The molecule has 1 aliphatic heterocycles. The van der Waals surface area contributed by atoms with Crippen molar-refractivity contribution in [1.82, 2.24) is 0 Å². The summed E-state index contributed by atoms with van der Waals surface area (Å²) >= 11 is 3.38. The number of nitrogens with zero attached hydrogens (tertiary/aromatic N) is 2. The third-order valence-corrected chi connectivity index (χ3v) is 3.82. The summed E-state index contributed by atoms with van der Waals surface area (Å²) in [5, 5.41) is 8.86. The topological polar surface area (TPSA) is 53.3 Å². The molecule has 0 saturated carbocycles. The fourth-order valence-corrected chi connectivity index (χ4v) is 2.61. The summed E-state index contributed by atoms with van der Waals surface area (Å²) in [6.45, 7) is 0.684. The van der Waals surface area contributed by atoms with Crippen LogP contribution >= 0.6 is 15.9 Å². The predicted molar refractivity (Wildman–Crippen MR) is 72.0 cm³/mol. The van der Waals surface area contributed by atoms with Gasteiger partial charge in [0.05, 0.1) is 29.3 Å². The number of nitriles is 1. The van der Waals surface area contributed by atoms with Crippen molar-refractivity contribution in [3.63, 3.8) is 0 Å². The van der Waals surface area contributed by atoms with Gasteiger partial charge in [0.15, 0.2) is 0 Å². The standard InChI is InChI=1S/C13H13BrN2O2/c1-18-12-7-9(8-15)4-5-11(12)16-6-2-3-10(14)13(16)17/h4-5,7,10H,2-3,6H2,1H3. The Morgan fingerprint density at radius 2 is 2.33 bits per heavy atom. The van der Waals surface area contributed by atoms with Crippen molar-refractivity contribution in [3.05, 3.63) is 23.8 Å². The van der Waals surface area contributed by atoms with Crippen LogP contribution in [0.4, 0.5) is 5.69 Å². The van der Waals surface area contributed by atoms with Crippen LogP contribution in [0.3, 0.4) is 0 Å². The minimum Gasteiger partial charge on any atom is -0.495 e. The van der Waals surface area contributed by atoms with Crippen molar-refractivity contribution in [3.8, 4) is 11.8 Å². The highest BCUT2D eigenvalue weighted by molar-refractivity contribution is 9.10. The Kier molecular flexibility index (Phi) is 3.87. The van der Waals surface area contributed by atoms with Gasteiger partial charge in [-0.3, -0.25) is 4.79 Å². The van der Waals surface area contributed by atoms with Crippen LogP contribution in [-0.4, -0.2) is 24.4 Å². The third kappa shape index (κ3) is 2.34. The van der Waals surface area contributed by atoms with Crippen molar-refractivity contribution in [1.29, 1.82) is 5.26 Å². The van der Waals surface area contributed by atoms with E-state index in [-0.39, 0.29) is 10.7 Å². The van der Waals surface area contributed by atoms with Gasteiger partial charge < -0.3 is 9.64 Å². The molecule has 0 spiro atoms. The number of methoxy groups -OCH3 is 1. The van der Waals surface area contributed by atoms with Gasteiger partial charge >= 0.3 is 0 Å². The molecule has 18 heavy (non-hydrogen) atoms. The molecule has 0 bridgehead atoms. The molecule has 1 aliphatic rings. The van der Waals surface area contributed by atoms with Crippen molar-refractivity contribution in [2.45, 2.75) is 17.7 Å². The molecule has 1 aromatic carbocycles. The number of anilines is 1. The Hall–Kier alpha value is -1.54. The number of benzene rings is 1. The first kappa shape index (κ1) is 12.9. The number of rotatable bonds is 2. The fraction of sp³-hybridized carbons (Fsp3) is 0.385. The van der Waals surface area contributed by atoms with E-state index in [0.29, 0.717) is 17.9 Å². The maximum atomic E-state index is 12.1. The molecular formula is C13H13BrN2O2. The van der Waals surface area contributed by atoms with Crippen molar-refractivity contribution >= 4 is 27.5 Å². The second-order valence-electron chi connectivity index (χ2n) is 4.10. The molecule has 0 aromatic heterocycles. The lowest BCUT2D eigenvalue weighted by Gasteiger charge is -2.30. The van der Waals surface area contributed by atoms with Crippen LogP contribution in [0.1, 0.15) is 18.4 Å². The first-order valence-electron chi connectivity index (χ1n) is 5.71. The van der Waals surface area contributed by atoms with Gasteiger partial charge in [0.25, 0.3) is 0 Å². The summed E-state index contributed by atoms with van der Waals surface area (Å²) in [6.07, 6.45) is 1.80. The van der Waals surface area contributed by atoms with E-state index < -0.39 is 0 Å². The molecule has 1 amide bonds. The monoisotopic (exact) mass is 308 g/mol. The van der Waals surface area contributed by atoms with Gasteiger partial charge in [-0.2, -0.15) is 5.26 Å². The molecule has 1 fully saturated rings. The number of hydrogen-bond donors (Lipinski definition) is 0. The first-order chi connectivity index (χ1) is 8.67. The van der Waals surface area contributed by atoms with E-state index in [4.69, 9.17) is 10.00 Å². The lowest BCUT2D eigenvalue weighted by atomic mass is 10.1. The van der Waals surface area contributed by atoms with E-state index in [2.05, 4.69) is 22.0 Å². The molecule has 2 rings (SSSR count). The zero-order valence-corrected chi connectivity index (χ0v) is 11.6. The smallest absolute Gasteiger partial charge is 0.240 e. The number of carbonyl (C=O) groups excluding carboxylic acids is 1. The van der Waals surface area contributed by atoms with Gasteiger partial charge in [-0.05, 0) is 25.0 Å². The minimum absolute atomic E-state index is 0.0456. The maximum Gasteiger partial charge on any atom is 0.240 e. The minimum atomic E-state index is -0.133. The molecule has 0 aliphatic carbocycles. The molecular weight excluding hydrogens is 296 g/mol. The molecule has 1 atom stereocenters. The first-order valence-corrected chi connectivity index (χ1v) is 6.62. The third-order valence-electron chi connectivity index (χ3n) is 2.97. The second-order valence-corrected chi connectivity index (χ2v) is 5.20. The summed E-state index contributed by atoms with van der Waals surface area (Å²) in [6, 6.07) is 7.17. The number of amides is 1. The highest BCUT2D eigenvalue weighted by Gasteiger charge is 2.29. The normalized spacial score (nSPS) is 19.5. The van der Waals surface area contributed by atoms with Gasteiger partial charge in [0, 0.05) is 12.6 Å². The van der Waals surface area contributed by atoms with Crippen molar-refractivity contribution in [2.75, 3.05) is 18.6 Å². The van der Waals surface area contributed by atoms with Gasteiger partial charge in [0.2, 0.25) is 5.91 Å². The van der Waals surface area contributed by atoms with Gasteiger partial charge in [-0.25, -0.2) is 0 Å². The largest absolute Gasteiger partial charge is 0.495 e. The van der Waals surface area contributed by atoms with Crippen molar-refractivity contribution in [2.24, 2.45) is 0 Å². The summed E-state index contributed by atoms with van der Waals surface area (Å²) in [5.41, 5.74) is 1.25. The van der Waals surface area contributed by atoms with Crippen LogP contribution in [0.2, 0.25) is 0 Å². The highest BCUT2D eigenvalue weighted by Crippen LogP contribution is 2.33. The fourth-order valence-electron chi connectivity index (χ4n) is 2.04. The Morgan fingerprint density at radius 1 is 1.56 bits per heavy atom. The van der Waals surface area contributed by atoms with Crippen LogP contribution in [0.5, 0.6) is 5.75 Å². The van der Waals surface area contributed by atoms with Crippen LogP contribution in [0, 0.1) is 11.3 Å². The molecule has 1 aromatic rings. The van der Waals surface area contributed by atoms with Gasteiger partial charge in [0.1, 0.15) is 5.75 Å².